The molecule has 0 aliphatic heterocycles. The Hall–Kier alpha value is -1.61. The van der Waals surface area contributed by atoms with Crippen LogP contribution in [0.25, 0.3) is 0 Å². The lowest BCUT2D eigenvalue weighted by atomic mass is 10.2. The fourth-order valence-electron chi connectivity index (χ4n) is 1.62. The molecule has 94 valence electrons. The molecule has 0 aromatic carbocycles. The van der Waals surface area contributed by atoms with Gasteiger partial charge >= 0.3 is 0 Å². The number of nitrogens with zero attached hydrogens (tertiary/aromatic N) is 1. The molecule has 2 aromatic rings. The number of hydrogen-bond donors (Lipinski definition) is 2. The number of hydrogen-bond acceptors (Lipinski definition) is 5. The third-order valence-corrected chi connectivity index (χ3v) is 3.83. The van der Waals surface area contributed by atoms with Crippen LogP contribution in [0.3, 0.4) is 0 Å². The Balaban J connectivity index is 1.88. The van der Waals surface area contributed by atoms with Crippen LogP contribution in [0.1, 0.15) is 34.6 Å². The van der Waals surface area contributed by atoms with E-state index in [0.717, 1.165) is 4.88 Å². The number of nitriles is 1. The molecular formula is C13H14N2O2S. The van der Waals surface area contributed by atoms with Crippen LogP contribution in [0.15, 0.2) is 34.9 Å². The van der Waals surface area contributed by atoms with Crippen molar-refractivity contribution in [3.05, 3.63) is 46.0 Å². The van der Waals surface area contributed by atoms with Gasteiger partial charge in [-0.25, -0.2) is 0 Å². The SMILES string of the molecule is C[C@H](NC[C@@H](O)c1ccco1)c1ccc(C#N)s1. The Morgan fingerprint density at radius 2 is 2.33 bits per heavy atom. The van der Waals surface area contributed by atoms with Crippen molar-refractivity contribution in [3.8, 4) is 6.07 Å². The van der Waals surface area contributed by atoms with E-state index in [2.05, 4.69) is 11.4 Å². The first kappa shape index (κ1) is 12.8. The van der Waals surface area contributed by atoms with E-state index in [9.17, 15) is 5.11 Å². The summed E-state index contributed by atoms with van der Waals surface area (Å²) >= 11 is 1.46. The van der Waals surface area contributed by atoms with Gasteiger partial charge in [0, 0.05) is 17.5 Å². The van der Waals surface area contributed by atoms with Gasteiger partial charge in [0.25, 0.3) is 0 Å². The van der Waals surface area contributed by atoms with E-state index in [4.69, 9.17) is 9.68 Å². The number of aliphatic hydroxyl groups is 1. The van der Waals surface area contributed by atoms with Crippen molar-refractivity contribution in [2.45, 2.75) is 19.1 Å². The molecule has 0 fully saturated rings. The van der Waals surface area contributed by atoms with Crippen molar-refractivity contribution in [3.63, 3.8) is 0 Å². The van der Waals surface area contributed by atoms with Crippen LogP contribution >= 0.6 is 11.3 Å². The van der Waals surface area contributed by atoms with Gasteiger partial charge in [-0.1, -0.05) is 0 Å². The normalized spacial score (nSPS) is 14.1. The molecule has 0 aliphatic carbocycles. The van der Waals surface area contributed by atoms with Gasteiger partial charge in [-0.05, 0) is 31.2 Å². The molecule has 5 heteroatoms. The van der Waals surface area contributed by atoms with Crippen LogP contribution in [-0.4, -0.2) is 11.7 Å². The fraction of sp³-hybridized carbons (Fsp3) is 0.308. The summed E-state index contributed by atoms with van der Waals surface area (Å²) in [5.74, 6) is 0.554. The third kappa shape index (κ3) is 2.99. The van der Waals surface area contributed by atoms with Gasteiger partial charge < -0.3 is 14.8 Å². The molecule has 4 nitrogen and oxygen atoms in total. The Morgan fingerprint density at radius 3 is 2.94 bits per heavy atom. The van der Waals surface area contributed by atoms with E-state index in [1.165, 1.54) is 11.3 Å². The molecule has 0 saturated heterocycles. The molecule has 0 saturated carbocycles. The minimum absolute atomic E-state index is 0.0988. The van der Waals surface area contributed by atoms with Gasteiger partial charge in [-0.15, -0.1) is 11.3 Å². The number of nitrogens with one attached hydrogen (secondary N) is 1. The average molecular weight is 262 g/mol. The highest BCUT2D eigenvalue weighted by Gasteiger charge is 2.13. The van der Waals surface area contributed by atoms with E-state index in [-0.39, 0.29) is 6.04 Å². The molecule has 0 spiro atoms. The fourth-order valence-corrected chi connectivity index (χ4v) is 2.45. The zero-order valence-electron chi connectivity index (χ0n) is 9.96. The first-order valence-corrected chi connectivity index (χ1v) is 6.47. The lowest BCUT2D eigenvalue weighted by Crippen LogP contribution is -2.23. The molecule has 2 aromatic heterocycles. The van der Waals surface area contributed by atoms with E-state index >= 15 is 0 Å². The highest BCUT2D eigenvalue weighted by Crippen LogP contribution is 2.23. The highest BCUT2D eigenvalue weighted by molar-refractivity contribution is 7.12. The van der Waals surface area contributed by atoms with Crippen LogP contribution in [0.2, 0.25) is 0 Å². The van der Waals surface area contributed by atoms with Gasteiger partial charge in [-0.2, -0.15) is 5.26 Å². The first-order valence-electron chi connectivity index (χ1n) is 5.65. The Labute approximate surface area is 109 Å². The van der Waals surface area contributed by atoms with E-state index < -0.39 is 6.10 Å². The Morgan fingerprint density at radius 1 is 1.50 bits per heavy atom. The zero-order valence-corrected chi connectivity index (χ0v) is 10.8. The standard InChI is InChI=1S/C13H14N2O2S/c1-9(13-5-4-10(7-14)18-13)15-8-11(16)12-3-2-6-17-12/h2-6,9,11,15-16H,8H2,1H3/t9-,11+/m0/s1. The van der Waals surface area contributed by atoms with Crippen molar-refractivity contribution in [2.75, 3.05) is 6.54 Å². The second-order valence-electron chi connectivity index (χ2n) is 3.97. The Kier molecular flexibility index (Phi) is 4.15. The number of rotatable bonds is 5. The third-order valence-electron chi connectivity index (χ3n) is 2.65. The van der Waals surface area contributed by atoms with Crippen LogP contribution in [0, 0.1) is 11.3 Å². The van der Waals surface area contributed by atoms with E-state index in [1.807, 2.05) is 13.0 Å². The van der Waals surface area contributed by atoms with Gasteiger partial charge in [0.1, 0.15) is 22.8 Å². The van der Waals surface area contributed by atoms with Crippen molar-refractivity contribution in [1.29, 1.82) is 5.26 Å². The van der Waals surface area contributed by atoms with Gasteiger partial charge in [0.05, 0.1) is 6.26 Å². The minimum atomic E-state index is -0.655. The molecule has 2 N–H and O–H groups in total. The molecule has 0 radical (unpaired) electrons. The largest absolute Gasteiger partial charge is 0.467 e. The summed E-state index contributed by atoms with van der Waals surface area (Å²) in [6, 6.07) is 9.45. The molecule has 0 bridgehead atoms. The first-order chi connectivity index (χ1) is 8.70. The minimum Gasteiger partial charge on any atom is -0.467 e. The quantitative estimate of drug-likeness (QED) is 0.869. The van der Waals surface area contributed by atoms with Crippen LogP contribution in [0.5, 0.6) is 0 Å². The number of furan rings is 1. The van der Waals surface area contributed by atoms with Gasteiger partial charge in [-0.3, -0.25) is 0 Å². The molecule has 18 heavy (non-hydrogen) atoms. The molecule has 0 amide bonds. The molecule has 0 unspecified atom stereocenters. The van der Waals surface area contributed by atoms with Crippen LogP contribution in [0.4, 0.5) is 0 Å². The summed E-state index contributed by atoms with van der Waals surface area (Å²) in [6.07, 6.45) is 0.887. The predicted octanol–water partition coefficient (Wildman–Crippen LogP) is 2.60. The predicted molar refractivity (Wildman–Crippen MR) is 69.1 cm³/mol. The van der Waals surface area contributed by atoms with E-state index in [1.54, 1.807) is 24.5 Å². The Bertz CT molecular complexity index is 527. The maximum absolute atomic E-state index is 9.85. The second kappa shape index (κ2) is 5.83. The smallest absolute Gasteiger partial charge is 0.133 e. The highest BCUT2D eigenvalue weighted by atomic mass is 32.1. The lowest BCUT2D eigenvalue weighted by Gasteiger charge is -2.14. The maximum atomic E-state index is 9.85. The number of thiophene rings is 1. The maximum Gasteiger partial charge on any atom is 0.133 e. The summed E-state index contributed by atoms with van der Waals surface area (Å²) in [5.41, 5.74) is 0. The topological polar surface area (TPSA) is 69.2 Å². The summed E-state index contributed by atoms with van der Waals surface area (Å²) in [5, 5.41) is 21.8. The van der Waals surface area contributed by atoms with Gasteiger partial charge in [0.2, 0.25) is 0 Å². The van der Waals surface area contributed by atoms with Crippen LogP contribution < -0.4 is 5.32 Å². The van der Waals surface area contributed by atoms with Crippen molar-refractivity contribution < 1.29 is 9.52 Å². The number of aliphatic hydroxyl groups excluding tert-OH is 1. The second-order valence-corrected chi connectivity index (χ2v) is 5.09. The van der Waals surface area contributed by atoms with Crippen molar-refractivity contribution in [1.82, 2.24) is 5.32 Å². The monoisotopic (exact) mass is 262 g/mol. The molecular weight excluding hydrogens is 248 g/mol. The molecule has 2 rings (SSSR count). The molecule has 2 atom stereocenters. The average Bonchev–Trinajstić information content (AvgIpc) is 3.05. The molecule has 0 aliphatic rings. The van der Waals surface area contributed by atoms with Crippen molar-refractivity contribution in [2.24, 2.45) is 0 Å². The zero-order chi connectivity index (χ0) is 13.0. The lowest BCUT2D eigenvalue weighted by molar-refractivity contribution is 0.144. The summed E-state index contributed by atoms with van der Waals surface area (Å²) in [6.45, 7) is 2.41. The van der Waals surface area contributed by atoms with E-state index in [0.29, 0.717) is 17.2 Å². The summed E-state index contributed by atoms with van der Waals surface area (Å²) in [7, 11) is 0. The van der Waals surface area contributed by atoms with Crippen molar-refractivity contribution >= 4 is 11.3 Å². The van der Waals surface area contributed by atoms with Crippen LogP contribution in [-0.2, 0) is 0 Å². The summed E-state index contributed by atoms with van der Waals surface area (Å²) < 4.78 is 5.12. The summed E-state index contributed by atoms with van der Waals surface area (Å²) in [4.78, 5) is 1.78. The van der Waals surface area contributed by atoms with Gasteiger partial charge in [0.15, 0.2) is 0 Å². The molecule has 2 heterocycles.